The van der Waals surface area contributed by atoms with Crippen LogP contribution in [0, 0.1) is 0 Å². The Morgan fingerprint density at radius 3 is 2.39 bits per heavy atom. The predicted molar refractivity (Wildman–Crippen MR) is 117 cm³/mol. The van der Waals surface area contributed by atoms with Crippen LogP contribution in [0.2, 0.25) is 10.0 Å². The summed E-state index contributed by atoms with van der Waals surface area (Å²) in [4.78, 5) is 12.0. The Morgan fingerprint density at radius 2 is 1.82 bits per heavy atom. The molecule has 150 valence electrons. The Kier molecular flexibility index (Phi) is 6.68. The van der Waals surface area contributed by atoms with Crippen molar-refractivity contribution in [2.75, 3.05) is 25.1 Å². The summed E-state index contributed by atoms with van der Waals surface area (Å²) < 4.78 is 7.72. The zero-order chi connectivity index (χ0) is 20.3. The summed E-state index contributed by atoms with van der Waals surface area (Å²) in [5.41, 5.74) is 3.29. The van der Waals surface area contributed by atoms with Crippen LogP contribution in [0.4, 0.5) is 5.82 Å². The lowest BCUT2D eigenvalue weighted by molar-refractivity contribution is 0.390. The van der Waals surface area contributed by atoms with E-state index in [0.717, 1.165) is 60.8 Å². The first-order valence-electron chi connectivity index (χ1n) is 9.70. The summed E-state index contributed by atoms with van der Waals surface area (Å²) in [5, 5.41) is 1.14. The molecule has 5 nitrogen and oxygen atoms in total. The molecule has 0 atom stereocenters. The number of halogens is 2. The standard InChI is InChI=1S/C21H26Cl2N4O/c1-5-10-26(11-6-2)21-17(7-3)25-20-19(24-13-18(28-4)27(20)21)15-9-8-14(22)12-16(15)23/h8-9,12-13H,5-7,10-11H2,1-4H3. The lowest BCUT2D eigenvalue weighted by atomic mass is 10.1. The molecule has 3 aromatic rings. The van der Waals surface area contributed by atoms with Crippen molar-refractivity contribution >= 4 is 34.7 Å². The van der Waals surface area contributed by atoms with E-state index in [1.165, 1.54) is 0 Å². The van der Waals surface area contributed by atoms with Gasteiger partial charge in [-0.05, 0) is 37.5 Å². The smallest absolute Gasteiger partial charge is 0.219 e. The summed E-state index contributed by atoms with van der Waals surface area (Å²) in [6, 6.07) is 5.43. The molecule has 0 saturated carbocycles. The summed E-state index contributed by atoms with van der Waals surface area (Å²) in [7, 11) is 1.66. The van der Waals surface area contributed by atoms with Crippen LogP contribution >= 0.6 is 23.2 Å². The molecule has 2 heterocycles. The van der Waals surface area contributed by atoms with Gasteiger partial charge in [-0.1, -0.05) is 44.0 Å². The molecule has 0 aliphatic rings. The van der Waals surface area contributed by atoms with Crippen LogP contribution in [0.25, 0.3) is 16.9 Å². The van der Waals surface area contributed by atoms with E-state index in [1.54, 1.807) is 19.4 Å². The minimum atomic E-state index is 0.550. The number of nitrogens with zero attached hydrogens (tertiary/aromatic N) is 4. The molecule has 0 unspecified atom stereocenters. The van der Waals surface area contributed by atoms with Gasteiger partial charge in [-0.3, -0.25) is 0 Å². The monoisotopic (exact) mass is 420 g/mol. The predicted octanol–water partition coefficient (Wildman–Crippen LogP) is 5.90. The highest BCUT2D eigenvalue weighted by Gasteiger charge is 2.23. The molecule has 0 aliphatic carbocycles. The maximum Gasteiger partial charge on any atom is 0.219 e. The fourth-order valence-electron chi connectivity index (χ4n) is 3.50. The normalized spacial score (nSPS) is 11.2. The second kappa shape index (κ2) is 9.01. The van der Waals surface area contributed by atoms with Gasteiger partial charge in [0.05, 0.1) is 24.0 Å². The van der Waals surface area contributed by atoms with Gasteiger partial charge in [-0.25, -0.2) is 14.4 Å². The van der Waals surface area contributed by atoms with Crippen molar-refractivity contribution in [3.63, 3.8) is 0 Å². The molecule has 7 heteroatoms. The Hall–Kier alpha value is -1.98. The van der Waals surface area contributed by atoms with Crippen LogP contribution < -0.4 is 9.64 Å². The fourth-order valence-corrected chi connectivity index (χ4v) is 4.00. The SMILES string of the molecule is CCCN(CCC)c1c(CC)nc2c(-c3ccc(Cl)cc3Cl)ncc(OC)n12. The Bertz CT molecular complexity index is 965. The number of anilines is 1. The van der Waals surface area contributed by atoms with Gasteiger partial charge in [-0.2, -0.15) is 0 Å². The van der Waals surface area contributed by atoms with E-state index in [-0.39, 0.29) is 0 Å². The van der Waals surface area contributed by atoms with E-state index in [1.807, 2.05) is 12.1 Å². The Balaban J connectivity index is 2.33. The van der Waals surface area contributed by atoms with E-state index in [2.05, 4.69) is 35.1 Å². The largest absolute Gasteiger partial charge is 0.481 e. The highest BCUT2D eigenvalue weighted by molar-refractivity contribution is 6.36. The van der Waals surface area contributed by atoms with Crippen LogP contribution in [-0.4, -0.2) is 34.6 Å². The van der Waals surface area contributed by atoms with Gasteiger partial charge in [-0.15, -0.1) is 0 Å². The molecule has 28 heavy (non-hydrogen) atoms. The average Bonchev–Trinajstić information content (AvgIpc) is 3.07. The quantitative estimate of drug-likeness (QED) is 0.454. The number of hydrogen-bond donors (Lipinski definition) is 0. The zero-order valence-corrected chi connectivity index (χ0v) is 18.3. The molecule has 3 rings (SSSR count). The second-order valence-corrected chi connectivity index (χ2v) is 7.50. The summed E-state index contributed by atoms with van der Waals surface area (Å²) >= 11 is 12.6. The van der Waals surface area contributed by atoms with Crippen molar-refractivity contribution in [2.45, 2.75) is 40.0 Å². The number of methoxy groups -OCH3 is 1. The first-order valence-corrected chi connectivity index (χ1v) is 10.5. The van der Waals surface area contributed by atoms with E-state index < -0.39 is 0 Å². The Labute approximate surface area is 176 Å². The third kappa shape index (κ3) is 3.78. The number of imidazole rings is 1. The van der Waals surface area contributed by atoms with Gasteiger partial charge in [0.15, 0.2) is 5.65 Å². The molecule has 0 fully saturated rings. The molecule has 0 radical (unpaired) electrons. The molecule has 1 aromatic carbocycles. The van der Waals surface area contributed by atoms with Gasteiger partial charge in [0.1, 0.15) is 11.5 Å². The maximum absolute atomic E-state index is 6.48. The number of fused-ring (bicyclic) bond motifs is 1. The number of aromatic nitrogens is 3. The van der Waals surface area contributed by atoms with Crippen LogP contribution in [0.15, 0.2) is 24.4 Å². The molecule has 0 N–H and O–H groups in total. The minimum Gasteiger partial charge on any atom is -0.481 e. The molecule has 0 bridgehead atoms. The van der Waals surface area contributed by atoms with Crippen molar-refractivity contribution in [2.24, 2.45) is 0 Å². The number of ether oxygens (including phenoxy) is 1. The lowest BCUT2D eigenvalue weighted by Gasteiger charge is -2.25. The van der Waals surface area contributed by atoms with Crippen molar-refractivity contribution in [3.05, 3.63) is 40.1 Å². The van der Waals surface area contributed by atoms with E-state index in [9.17, 15) is 0 Å². The minimum absolute atomic E-state index is 0.550. The van der Waals surface area contributed by atoms with E-state index in [0.29, 0.717) is 15.9 Å². The first kappa shape index (κ1) is 20.7. The second-order valence-electron chi connectivity index (χ2n) is 6.66. The third-order valence-corrected chi connectivity index (χ3v) is 5.22. The molecular weight excluding hydrogens is 395 g/mol. The van der Waals surface area contributed by atoms with Gasteiger partial charge < -0.3 is 9.64 Å². The maximum atomic E-state index is 6.48. The highest BCUT2D eigenvalue weighted by atomic mass is 35.5. The summed E-state index contributed by atoms with van der Waals surface area (Å²) in [5.74, 6) is 1.73. The molecule has 2 aromatic heterocycles. The fraction of sp³-hybridized carbons (Fsp3) is 0.429. The van der Waals surface area contributed by atoms with Gasteiger partial charge in [0.2, 0.25) is 5.88 Å². The van der Waals surface area contributed by atoms with Crippen molar-refractivity contribution in [1.82, 2.24) is 14.4 Å². The van der Waals surface area contributed by atoms with Crippen LogP contribution in [-0.2, 0) is 6.42 Å². The molecule has 0 amide bonds. The summed E-state index contributed by atoms with van der Waals surface area (Å²) in [6.07, 6.45) is 4.66. The van der Waals surface area contributed by atoms with Crippen LogP contribution in [0.5, 0.6) is 5.88 Å². The molecule has 0 spiro atoms. The first-order chi connectivity index (χ1) is 13.5. The molecular formula is C21H26Cl2N4O. The lowest BCUT2D eigenvalue weighted by Crippen LogP contribution is -2.27. The third-order valence-electron chi connectivity index (χ3n) is 4.68. The average molecular weight is 421 g/mol. The van der Waals surface area contributed by atoms with E-state index in [4.69, 9.17) is 32.9 Å². The summed E-state index contributed by atoms with van der Waals surface area (Å²) in [6.45, 7) is 8.41. The van der Waals surface area contributed by atoms with Crippen LogP contribution in [0.3, 0.4) is 0 Å². The zero-order valence-electron chi connectivity index (χ0n) is 16.8. The topological polar surface area (TPSA) is 42.7 Å². The van der Waals surface area contributed by atoms with Crippen molar-refractivity contribution in [3.8, 4) is 17.1 Å². The number of benzene rings is 1. The molecule has 0 saturated heterocycles. The van der Waals surface area contributed by atoms with Gasteiger partial charge >= 0.3 is 0 Å². The molecule has 0 aliphatic heterocycles. The van der Waals surface area contributed by atoms with Crippen molar-refractivity contribution in [1.29, 1.82) is 0 Å². The van der Waals surface area contributed by atoms with Crippen LogP contribution in [0.1, 0.15) is 39.3 Å². The number of aryl methyl sites for hydroxylation is 1. The number of hydrogen-bond acceptors (Lipinski definition) is 4. The number of rotatable bonds is 8. The van der Waals surface area contributed by atoms with Gasteiger partial charge in [0.25, 0.3) is 0 Å². The van der Waals surface area contributed by atoms with E-state index >= 15 is 0 Å². The van der Waals surface area contributed by atoms with Gasteiger partial charge in [0, 0.05) is 23.7 Å². The highest BCUT2D eigenvalue weighted by Crippen LogP contribution is 2.36. The van der Waals surface area contributed by atoms with Crippen molar-refractivity contribution < 1.29 is 4.74 Å². The Morgan fingerprint density at radius 1 is 1.11 bits per heavy atom.